The van der Waals surface area contributed by atoms with E-state index >= 15 is 0 Å². The van der Waals surface area contributed by atoms with Crippen molar-refractivity contribution in [3.63, 3.8) is 0 Å². The van der Waals surface area contributed by atoms with Crippen LogP contribution in [0.1, 0.15) is 16.1 Å². The zero-order chi connectivity index (χ0) is 18.1. The first-order chi connectivity index (χ1) is 12.6. The van der Waals surface area contributed by atoms with Crippen LogP contribution in [0.25, 0.3) is 15.3 Å². The largest absolute Gasteiger partial charge is 0.497 e. The summed E-state index contributed by atoms with van der Waals surface area (Å²) in [5.41, 5.74) is 2.22. The number of rotatable bonds is 4. The van der Waals surface area contributed by atoms with Gasteiger partial charge in [-0.15, -0.1) is 0 Å². The quantitative estimate of drug-likeness (QED) is 0.593. The molecule has 0 fully saturated rings. The molecule has 6 nitrogen and oxygen atoms in total. The summed E-state index contributed by atoms with van der Waals surface area (Å²) in [6, 6.07) is 16.7. The maximum atomic E-state index is 12.6. The van der Waals surface area contributed by atoms with Gasteiger partial charge in [0.2, 0.25) is 5.13 Å². The summed E-state index contributed by atoms with van der Waals surface area (Å²) in [6.07, 6.45) is 0. The van der Waals surface area contributed by atoms with Gasteiger partial charge in [-0.25, -0.2) is 4.98 Å². The second kappa shape index (κ2) is 6.61. The fraction of sp³-hybridized carbons (Fsp3) is 0.105. The minimum absolute atomic E-state index is 0.230. The van der Waals surface area contributed by atoms with Gasteiger partial charge >= 0.3 is 0 Å². The number of thiazole rings is 1. The Kier molecular flexibility index (Phi) is 4.14. The molecule has 7 heteroatoms. The van der Waals surface area contributed by atoms with Gasteiger partial charge in [0.25, 0.3) is 5.91 Å². The highest BCUT2D eigenvalue weighted by Crippen LogP contribution is 2.27. The van der Waals surface area contributed by atoms with Crippen molar-refractivity contribution in [3.05, 3.63) is 65.9 Å². The SMILES string of the molecule is COc1cccc(C(=O)Nc2cc(C)nn2-c2nc3ccccc3s2)c1. The van der Waals surface area contributed by atoms with E-state index in [9.17, 15) is 4.79 Å². The number of methoxy groups -OCH3 is 1. The van der Waals surface area contributed by atoms with Gasteiger partial charge in [0.05, 0.1) is 23.0 Å². The molecule has 0 saturated heterocycles. The van der Waals surface area contributed by atoms with Crippen LogP contribution in [0.2, 0.25) is 0 Å². The van der Waals surface area contributed by atoms with Crippen LogP contribution in [0.5, 0.6) is 5.75 Å². The van der Waals surface area contributed by atoms with Gasteiger partial charge in [0.15, 0.2) is 0 Å². The van der Waals surface area contributed by atoms with Crippen molar-refractivity contribution in [2.45, 2.75) is 6.92 Å². The minimum atomic E-state index is -0.230. The number of anilines is 1. The van der Waals surface area contributed by atoms with Crippen LogP contribution in [0, 0.1) is 6.92 Å². The molecule has 0 spiro atoms. The third-order valence-electron chi connectivity index (χ3n) is 3.87. The standard InChI is InChI=1S/C19H16N4O2S/c1-12-10-17(21-18(24)13-6-5-7-14(11-13)25-2)23(22-12)19-20-15-8-3-4-9-16(15)26-19/h3-11H,1-2H3,(H,21,24). The number of ether oxygens (including phenoxy) is 1. The first-order valence-electron chi connectivity index (χ1n) is 8.02. The number of hydrogen-bond donors (Lipinski definition) is 1. The number of para-hydroxylation sites is 1. The van der Waals surface area contributed by atoms with Crippen LogP contribution >= 0.6 is 11.3 Å². The molecule has 1 amide bonds. The molecular formula is C19H16N4O2S. The van der Waals surface area contributed by atoms with Crippen molar-refractivity contribution in [2.24, 2.45) is 0 Å². The molecule has 2 aromatic carbocycles. The van der Waals surface area contributed by atoms with Crippen molar-refractivity contribution in [2.75, 3.05) is 12.4 Å². The molecule has 0 bridgehead atoms. The second-order valence-electron chi connectivity index (χ2n) is 5.73. The molecule has 26 heavy (non-hydrogen) atoms. The Balaban J connectivity index is 1.68. The van der Waals surface area contributed by atoms with Gasteiger partial charge in [0.1, 0.15) is 11.6 Å². The monoisotopic (exact) mass is 364 g/mol. The number of fused-ring (bicyclic) bond motifs is 1. The van der Waals surface area contributed by atoms with E-state index in [0.29, 0.717) is 22.3 Å². The van der Waals surface area contributed by atoms with Crippen LogP contribution < -0.4 is 10.1 Å². The van der Waals surface area contributed by atoms with E-state index in [2.05, 4.69) is 15.4 Å². The molecule has 0 aliphatic heterocycles. The lowest BCUT2D eigenvalue weighted by Gasteiger charge is -2.07. The van der Waals surface area contributed by atoms with E-state index in [1.54, 1.807) is 36.1 Å². The van der Waals surface area contributed by atoms with Gasteiger partial charge in [-0.3, -0.25) is 4.79 Å². The molecule has 1 N–H and O–H groups in total. The summed E-state index contributed by atoms with van der Waals surface area (Å²) < 4.78 is 7.92. The van der Waals surface area contributed by atoms with Crippen molar-refractivity contribution in [1.29, 1.82) is 0 Å². The number of carbonyl (C=O) groups excluding carboxylic acids is 1. The van der Waals surface area contributed by atoms with Crippen molar-refractivity contribution >= 4 is 33.3 Å². The molecule has 0 radical (unpaired) electrons. The molecule has 130 valence electrons. The highest BCUT2D eigenvalue weighted by atomic mass is 32.1. The molecule has 0 unspecified atom stereocenters. The Morgan fingerprint density at radius 1 is 1.15 bits per heavy atom. The lowest BCUT2D eigenvalue weighted by molar-refractivity contribution is 0.102. The third-order valence-corrected chi connectivity index (χ3v) is 4.88. The average Bonchev–Trinajstić information content (AvgIpc) is 3.24. The van der Waals surface area contributed by atoms with E-state index in [4.69, 9.17) is 4.74 Å². The Hall–Kier alpha value is -3.19. The predicted octanol–water partition coefficient (Wildman–Crippen LogP) is 4.05. The first kappa shape index (κ1) is 16.3. The average molecular weight is 364 g/mol. The van der Waals surface area contributed by atoms with Crippen LogP contribution in [0.4, 0.5) is 5.82 Å². The topological polar surface area (TPSA) is 69.0 Å². The zero-order valence-corrected chi connectivity index (χ0v) is 15.1. The molecule has 4 rings (SSSR count). The van der Waals surface area contributed by atoms with Gasteiger partial charge in [-0.1, -0.05) is 29.5 Å². The number of aryl methyl sites for hydroxylation is 1. The van der Waals surface area contributed by atoms with E-state index in [1.165, 1.54) is 11.3 Å². The van der Waals surface area contributed by atoms with Gasteiger partial charge in [-0.2, -0.15) is 9.78 Å². The lowest BCUT2D eigenvalue weighted by Crippen LogP contribution is -2.15. The number of aromatic nitrogens is 3. The molecule has 4 aromatic rings. The maximum absolute atomic E-state index is 12.6. The molecule has 0 atom stereocenters. The second-order valence-corrected chi connectivity index (χ2v) is 6.74. The van der Waals surface area contributed by atoms with Crippen molar-refractivity contribution < 1.29 is 9.53 Å². The molecule has 2 aromatic heterocycles. The molecule has 2 heterocycles. The molecule has 0 aliphatic rings. The summed E-state index contributed by atoms with van der Waals surface area (Å²) in [7, 11) is 1.57. The fourth-order valence-electron chi connectivity index (χ4n) is 2.64. The number of amides is 1. The van der Waals surface area contributed by atoms with Crippen LogP contribution in [0.15, 0.2) is 54.6 Å². The molecule has 0 saturated carbocycles. The maximum Gasteiger partial charge on any atom is 0.256 e. The van der Waals surface area contributed by atoms with Gasteiger partial charge in [-0.05, 0) is 37.3 Å². The van der Waals surface area contributed by atoms with E-state index in [1.807, 2.05) is 37.3 Å². The van der Waals surface area contributed by atoms with Gasteiger partial charge in [0, 0.05) is 11.6 Å². The smallest absolute Gasteiger partial charge is 0.256 e. The van der Waals surface area contributed by atoms with E-state index in [0.717, 1.165) is 15.9 Å². The Morgan fingerprint density at radius 3 is 2.81 bits per heavy atom. The van der Waals surface area contributed by atoms with Crippen LogP contribution in [0.3, 0.4) is 0 Å². The Labute approximate surface area is 154 Å². The zero-order valence-electron chi connectivity index (χ0n) is 14.3. The first-order valence-corrected chi connectivity index (χ1v) is 8.84. The highest BCUT2D eigenvalue weighted by Gasteiger charge is 2.15. The van der Waals surface area contributed by atoms with Crippen molar-refractivity contribution in [1.82, 2.24) is 14.8 Å². The highest BCUT2D eigenvalue weighted by molar-refractivity contribution is 7.20. The number of hydrogen-bond acceptors (Lipinski definition) is 5. The number of nitrogens with zero attached hydrogens (tertiary/aromatic N) is 3. The predicted molar refractivity (Wildman–Crippen MR) is 102 cm³/mol. The molecular weight excluding hydrogens is 348 g/mol. The Bertz CT molecular complexity index is 1070. The van der Waals surface area contributed by atoms with E-state index in [-0.39, 0.29) is 5.91 Å². The Morgan fingerprint density at radius 2 is 2.00 bits per heavy atom. The summed E-state index contributed by atoms with van der Waals surface area (Å²) in [5, 5.41) is 8.10. The number of benzene rings is 2. The summed E-state index contributed by atoms with van der Waals surface area (Å²) in [6.45, 7) is 1.88. The fourth-order valence-corrected chi connectivity index (χ4v) is 3.57. The van der Waals surface area contributed by atoms with Crippen LogP contribution in [-0.2, 0) is 0 Å². The van der Waals surface area contributed by atoms with Gasteiger partial charge < -0.3 is 10.1 Å². The normalized spacial score (nSPS) is 10.8. The number of nitrogens with one attached hydrogen (secondary N) is 1. The lowest BCUT2D eigenvalue weighted by atomic mass is 10.2. The summed E-state index contributed by atoms with van der Waals surface area (Å²) in [5.74, 6) is 0.981. The summed E-state index contributed by atoms with van der Waals surface area (Å²) in [4.78, 5) is 17.2. The molecule has 0 aliphatic carbocycles. The van der Waals surface area contributed by atoms with Crippen LogP contribution in [-0.4, -0.2) is 27.8 Å². The van der Waals surface area contributed by atoms with Crippen molar-refractivity contribution in [3.8, 4) is 10.9 Å². The minimum Gasteiger partial charge on any atom is -0.497 e. The number of carbonyl (C=O) groups is 1. The summed E-state index contributed by atoms with van der Waals surface area (Å²) >= 11 is 1.52. The third kappa shape index (κ3) is 3.04. The van der Waals surface area contributed by atoms with E-state index < -0.39 is 0 Å².